The number of aromatic nitrogens is 1. The summed E-state index contributed by atoms with van der Waals surface area (Å²) in [6, 6.07) is 6.83. The quantitative estimate of drug-likeness (QED) is 0.579. The molecule has 29 heavy (non-hydrogen) atoms. The number of rotatable bonds is 8. The molecule has 3 N–H and O–H groups in total. The standard InChI is InChI=1S/C17H19NO7S.C2H7N/c1-3-26(22,23)16-5-4-13(9-18-16)25-15-7-12(17(20)21)6-14(8-15)24-11(2)10-19;1-3-2/h4-9,11,19H,3,10H2,1-2H3,(H,20,21);3H,1-2H3. The SMILES string of the molecule is CCS(=O)(=O)c1ccc(Oc2cc(OC(C)CO)cc(C(=O)O)c2)cn1.CNC. The molecule has 1 aromatic carbocycles. The lowest BCUT2D eigenvalue weighted by Crippen LogP contribution is -2.16. The molecule has 0 fully saturated rings. The van der Waals surface area contributed by atoms with Crippen molar-refractivity contribution in [3.63, 3.8) is 0 Å². The first-order chi connectivity index (χ1) is 13.7. The molecule has 0 bridgehead atoms. The van der Waals surface area contributed by atoms with Gasteiger partial charge in [-0.15, -0.1) is 0 Å². The number of benzene rings is 1. The number of carboxylic acid groups (broad SMARTS) is 1. The number of aliphatic hydroxyl groups is 1. The summed E-state index contributed by atoms with van der Waals surface area (Å²) < 4.78 is 34.5. The monoisotopic (exact) mass is 426 g/mol. The van der Waals surface area contributed by atoms with Gasteiger partial charge in [0, 0.05) is 6.07 Å². The Bertz CT molecular complexity index is 899. The maximum atomic E-state index is 11.8. The van der Waals surface area contributed by atoms with Gasteiger partial charge in [-0.1, -0.05) is 6.92 Å². The van der Waals surface area contributed by atoms with Crippen LogP contribution < -0.4 is 14.8 Å². The predicted molar refractivity (Wildman–Crippen MR) is 108 cm³/mol. The molecule has 160 valence electrons. The van der Waals surface area contributed by atoms with E-state index in [9.17, 15) is 18.3 Å². The van der Waals surface area contributed by atoms with E-state index in [0.717, 1.165) is 0 Å². The Morgan fingerprint density at radius 3 is 2.28 bits per heavy atom. The van der Waals surface area contributed by atoms with Crippen molar-refractivity contribution in [2.45, 2.75) is 25.0 Å². The number of nitrogens with zero attached hydrogens (tertiary/aromatic N) is 1. The Hall–Kier alpha value is -2.69. The first-order valence-corrected chi connectivity index (χ1v) is 10.4. The predicted octanol–water partition coefficient (Wildman–Crippen LogP) is 1.96. The zero-order valence-electron chi connectivity index (χ0n) is 16.7. The molecule has 2 aromatic rings. The third-order valence-corrected chi connectivity index (χ3v) is 5.00. The molecule has 0 radical (unpaired) electrons. The number of hydrogen-bond acceptors (Lipinski definition) is 8. The van der Waals surface area contributed by atoms with E-state index in [0.29, 0.717) is 0 Å². The lowest BCUT2D eigenvalue weighted by Gasteiger charge is -2.14. The number of nitrogens with one attached hydrogen (secondary N) is 1. The van der Waals surface area contributed by atoms with Crippen LogP contribution in [0, 0.1) is 0 Å². The molecule has 0 amide bonds. The van der Waals surface area contributed by atoms with Crippen molar-refractivity contribution in [2.24, 2.45) is 0 Å². The Kier molecular flexibility index (Phi) is 9.53. The van der Waals surface area contributed by atoms with Gasteiger partial charge in [0.05, 0.1) is 24.1 Å². The molecule has 0 saturated heterocycles. The average molecular weight is 426 g/mol. The summed E-state index contributed by atoms with van der Waals surface area (Å²) in [5.74, 6) is -0.592. The van der Waals surface area contributed by atoms with E-state index in [-0.39, 0.29) is 40.2 Å². The fourth-order valence-corrected chi connectivity index (χ4v) is 2.77. The summed E-state index contributed by atoms with van der Waals surface area (Å²) in [6.45, 7) is 2.92. The zero-order chi connectivity index (χ0) is 22.0. The molecule has 0 saturated carbocycles. The van der Waals surface area contributed by atoms with E-state index >= 15 is 0 Å². The van der Waals surface area contributed by atoms with Crippen molar-refractivity contribution in [1.82, 2.24) is 10.3 Å². The van der Waals surface area contributed by atoms with E-state index in [1.807, 2.05) is 14.1 Å². The molecule has 0 spiro atoms. The van der Waals surface area contributed by atoms with Crippen LogP contribution in [-0.4, -0.2) is 62.1 Å². The lowest BCUT2D eigenvalue weighted by molar-refractivity contribution is 0.0695. The second-order valence-corrected chi connectivity index (χ2v) is 8.17. The summed E-state index contributed by atoms with van der Waals surface area (Å²) in [5, 5.41) is 21.0. The van der Waals surface area contributed by atoms with E-state index < -0.39 is 21.9 Å². The number of carboxylic acids is 1. The number of aliphatic hydroxyl groups excluding tert-OH is 1. The third kappa shape index (κ3) is 7.68. The van der Waals surface area contributed by atoms with Crippen LogP contribution in [0.4, 0.5) is 0 Å². The fraction of sp³-hybridized carbons (Fsp3) is 0.368. The number of aromatic carboxylic acids is 1. The number of carbonyl (C=O) groups is 1. The van der Waals surface area contributed by atoms with Crippen LogP contribution in [0.2, 0.25) is 0 Å². The van der Waals surface area contributed by atoms with Crippen LogP contribution in [0.15, 0.2) is 41.6 Å². The van der Waals surface area contributed by atoms with Gasteiger partial charge in [-0.25, -0.2) is 18.2 Å². The minimum Gasteiger partial charge on any atom is -0.488 e. The van der Waals surface area contributed by atoms with Crippen molar-refractivity contribution in [2.75, 3.05) is 26.5 Å². The maximum absolute atomic E-state index is 11.8. The minimum absolute atomic E-state index is 0.0548. The van der Waals surface area contributed by atoms with E-state index in [1.165, 1.54) is 43.5 Å². The Balaban J connectivity index is 0.00000132. The van der Waals surface area contributed by atoms with Crippen molar-refractivity contribution >= 4 is 15.8 Å². The highest BCUT2D eigenvalue weighted by Gasteiger charge is 2.14. The first kappa shape index (κ1) is 24.3. The maximum Gasteiger partial charge on any atom is 0.335 e. The van der Waals surface area contributed by atoms with Crippen molar-refractivity contribution in [3.05, 3.63) is 42.1 Å². The fourth-order valence-electron chi connectivity index (χ4n) is 1.99. The van der Waals surface area contributed by atoms with Gasteiger partial charge in [-0.2, -0.15) is 0 Å². The summed E-state index contributed by atoms with van der Waals surface area (Å²) in [7, 11) is 0.333. The van der Waals surface area contributed by atoms with Crippen LogP contribution in [-0.2, 0) is 9.84 Å². The van der Waals surface area contributed by atoms with Gasteiger partial charge in [0.15, 0.2) is 14.9 Å². The zero-order valence-corrected chi connectivity index (χ0v) is 17.6. The van der Waals surface area contributed by atoms with Gasteiger partial charge in [0.2, 0.25) is 0 Å². The van der Waals surface area contributed by atoms with Gasteiger partial charge >= 0.3 is 5.97 Å². The second kappa shape index (κ2) is 11.3. The highest BCUT2D eigenvalue weighted by atomic mass is 32.2. The van der Waals surface area contributed by atoms with Crippen LogP contribution in [0.3, 0.4) is 0 Å². The van der Waals surface area contributed by atoms with Crippen LogP contribution in [0.1, 0.15) is 24.2 Å². The molecule has 2 rings (SSSR count). The van der Waals surface area contributed by atoms with Gasteiger partial charge in [-0.05, 0) is 45.3 Å². The number of pyridine rings is 1. The van der Waals surface area contributed by atoms with Gasteiger partial charge in [-0.3, -0.25) is 0 Å². The largest absolute Gasteiger partial charge is 0.488 e. The molecule has 0 aliphatic rings. The van der Waals surface area contributed by atoms with Gasteiger partial charge in [0.25, 0.3) is 0 Å². The first-order valence-electron chi connectivity index (χ1n) is 8.77. The molecular formula is C19H26N2O7S. The second-order valence-electron chi connectivity index (χ2n) is 5.95. The summed E-state index contributed by atoms with van der Waals surface area (Å²) in [5.41, 5.74) is -0.0548. The van der Waals surface area contributed by atoms with E-state index in [1.54, 1.807) is 6.92 Å². The average Bonchev–Trinajstić information content (AvgIpc) is 2.68. The molecule has 0 aliphatic heterocycles. The third-order valence-electron chi connectivity index (χ3n) is 3.36. The smallest absolute Gasteiger partial charge is 0.335 e. The normalized spacial score (nSPS) is 11.8. The Labute approximate surface area is 170 Å². The van der Waals surface area contributed by atoms with Crippen LogP contribution in [0.25, 0.3) is 0 Å². The number of hydrogen-bond donors (Lipinski definition) is 3. The van der Waals surface area contributed by atoms with E-state index in [2.05, 4.69) is 10.3 Å². The Morgan fingerprint density at radius 2 is 1.79 bits per heavy atom. The molecule has 1 unspecified atom stereocenters. The molecule has 1 atom stereocenters. The summed E-state index contributed by atoms with van der Waals surface area (Å²) >= 11 is 0. The topological polar surface area (TPSA) is 135 Å². The van der Waals surface area contributed by atoms with Crippen LogP contribution >= 0.6 is 0 Å². The minimum atomic E-state index is -3.42. The summed E-state index contributed by atoms with van der Waals surface area (Å²) in [6.07, 6.45) is 0.722. The van der Waals surface area contributed by atoms with Crippen molar-refractivity contribution in [1.29, 1.82) is 0 Å². The van der Waals surface area contributed by atoms with Gasteiger partial charge < -0.3 is 25.0 Å². The van der Waals surface area contributed by atoms with Crippen LogP contribution in [0.5, 0.6) is 17.2 Å². The molecule has 10 heteroatoms. The van der Waals surface area contributed by atoms with Crippen molar-refractivity contribution < 1.29 is 32.9 Å². The number of ether oxygens (including phenoxy) is 2. The molecule has 1 aromatic heterocycles. The molecule has 1 heterocycles. The van der Waals surface area contributed by atoms with E-state index in [4.69, 9.17) is 14.6 Å². The highest BCUT2D eigenvalue weighted by molar-refractivity contribution is 7.91. The van der Waals surface area contributed by atoms with Gasteiger partial charge in [0.1, 0.15) is 23.4 Å². The van der Waals surface area contributed by atoms with Crippen molar-refractivity contribution in [3.8, 4) is 17.2 Å². The number of sulfone groups is 1. The molecular weight excluding hydrogens is 400 g/mol. The lowest BCUT2D eigenvalue weighted by atomic mass is 10.2. The highest BCUT2D eigenvalue weighted by Crippen LogP contribution is 2.28. The molecule has 9 nitrogen and oxygen atoms in total. The Morgan fingerprint density at radius 1 is 1.17 bits per heavy atom. The molecule has 0 aliphatic carbocycles. The summed E-state index contributed by atoms with van der Waals surface area (Å²) in [4.78, 5) is 15.1.